The Labute approximate surface area is 181 Å². The Hall–Kier alpha value is -0.671. The number of carbonyl (C=O) groups is 3. The molecule has 0 saturated carbocycles. The van der Waals surface area contributed by atoms with Gasteiger partial charge in [-0.05, 0) is 0 Å². The fourth-order valence-electron chi connectivity index (χ4n) is 20.3. The minimum absolute atomic E-state index is 0.0514. The first-order valence-corrected chi connectivity index (χ1v) is 19.9. The van der Waals surface area contributed by atoms with Gasteiger partial charge in [0.25, 0.3) is 0 Å². The number of hydrogen-bond donors (Lipinski definition) is 0. The monoisotopic (exact) mass is 482 g/mol. The van der Waals surface area contributed by atoms with Gasteiger partial charge in [0.15, 0.2) is 0 Å². The molecule has 10 aliphatic rings. The third kappa shape index (κ3) is 0.361. The molecule has 8 unspecified atom stereocenters. The molecule has 0 aromatic rings. The van der Waals surface area contributed by atoms with E-state index in [-0.39, 0.29) is 21.0 Å². The van der Waals surface area contributed by atoms with E-state index in [0.29, 0.717) is 24.6 Å². The molecule has 0 aromatic heterocycles. The Bertz CT molecular complexity index is 1400. The molecule has 32 heavy (non-hydrogen) atoms. The number of ketones is 2. The molecule has 10 aliphatic heterocycles. The van der Waals surface area contributed by atoms with Gasteiger partial charge >= 0.3 is 181 Å². The summed E-state index contributed by atoms with van der Waals surface area (Å²) < 4.78 is 5.31. The second kappa shape index (κ2) is 2.49. The first-order chi connectivity index (χ1) is 15.3. The van der Waals surface area contributed by atoms with Crippen molar-refractivity contribution in [2.24, 2.45) is 0 Å². The van der Waals surface area contributed by atoms with E-state index in [1.807, 2.05) is 6.92 Å². The molecule has 0 aromatic carbocycles. The van der Waals surface area contributed by atoms with Crippen LogP contribution < -0.4 is 0 Å². The summed E-state index contributed by atoms with van der Waals surface area (Å²) in [6.45, 7) is 0.437. The van der Waals surface area contributed by atoms with E-state index in [4.69, 9.17) is 4.74 Å². The topological polar surface area (TPSA) is 60.4 Å². The normalized spacial score (nSPS) is 70.8. The number of hydrogen-bond acceptors (Lipinski definition) is 4. The number of esters is 1. The minimum atomic E-state index is -4.04. The van der Waals surface area contributed by atoms with E-state index >= 15 is 0 Å². The molecule has 10 fully saturated rings. The summed E-state index contributed by atoms with van der Waals surface area (Å²) in [5, 5.41) is 0. The van der Waals surface area contributed by atoms with Crippen molar-refractivity contribution in [1.29, 1.82) is 0 Å². The van der Waals surface area contributed by atoms with Crippen LogP contribution >= 0.6 is 0 Å². The van der Waals surface area contributed by atoms with Crippen molar-refractivity contribution in [3.8, 4) is 0 Å². The van der Waals surface area contributed by atoms with E-state index in [1.165, 1.54) is 44.9 Å². The van der Waals surface area contributed by atoms with Crippen molar-refractivity contribution in [3.63, 3.8) is 0 Å². The summed E-state index contributed by atoms with van der Waals surface area (Å²) in [4.78, 5) is 46.6. The average molecular weight is 482 g/mol. The molecule has 178 valence electrons. The van der Waals surface area contributed by atoms with Crippen LogP contribution in [0.25, 0.3) is 0 Å². The van der Waals surface area contributed by atoms with Crippen molar-refractivity contribution < 1.29 is 25.6 Å². The Morgan fingerprint density at radius 1 is 0.656 bits per heavy atom. The SMILES string of the molecule is CCCCCCCCCCC(=O)[C]12[CH]3[CH]4[CH]5[CH]1[Fe]45321678[CH]2[CH]1[CH]6[C]7(C(=O)CCC(=O)OCC)[CH]28. The summed E-state index contributed by atoms with van der Waals surface area (Å²) >= 11 is 0. The first-order valence-electron chi connectivity index (χ1n) is 13.7. The number of Topliss-reactive ketones (excluding diaryl/α,β-unsaturated/α-hetero) is 2. The molecule has 0 radical (unpaired) electrons. The second-order valence-electron chi connectivity index (χ2n) is 15.2. The van der Waals surface area contributed by atoms with Gasteiger partial charge in [0.1, 0.15) is 0 Å². The van der Waals surface area contributed by atoms with Gasteiger partial charge in [0, 0.05) is 0 Å². The maximum atomic E-state index is 13.9. The molecule has 4 nitrogen and oxygen atoms in total. The van der Waals surface area contributed by atoms with Crippen LogP contribution in [-0.2, 0) is 25.6 Å². The zero-order chi connectivity index (χ0) is 21.9. The van der Waals surface area contributed by atoms with Crippen LogP contribution in [0.5, 0.6) is 0 Å². The molecule has 0 amide bonds. The zero-order valence-electron chi connectivity index (χ0n) is 19.6. The number of carbonyl (C=O) groups excluding carboxylic acids is 3. The second-order valence-corrected chi connectivity index (χ2v) is 38.4. The van der Waals surface area contributed by atoms with Crippen LogP contribution in [0, 0.1) is 0 Å². The molecule has 0 bridgehead atoms. The van der Waals surface area contributed by atoms with Crippen molar-refractivity contribution in [2.45, 2.75) is 132 Å². The summed E-state index contributed by atoms with van der Waals surface area (Å²) in [5.74, 6) is 0.914. The molecule has 10 rings (SSSR count). The van der Waals surface area contributed by atoms with E-state index in [0.717, 1.165) is 51.4 Å². The van der Waals surface area contributed by atoms with Crippen LogP contribution in [0.4, 0.5) is 0 Å². The molecule has 10 saturated heterocycles. The zero-order valence-corrected chi connectivity index (χ0v) is 20.7. The predicted octanol–water partition coefficient (Wildman–Crippen LogP) is 7.13. The van der Waals surface area contributed by atoms with E-state index in [2.05, 4.69) is 6.92 Å². The average Bonchev–Trinajstić information content (AvgIpc) is 3.72. The Morgan fingerprint density at radius 2 is 1.12 bits per heavy atom. The first kappa shape index (κ1) is 17.7. The molecular formula is C27H38FeO4. The standard InChI is InChI=1S/C16H25O.C11H13O3.Fe/c1-2-3-4-5-6-7-8-9-14-16(17)15-12-10-11-13-15;1-2-14-11(13)8-7-10(12)9-5-3-4-6-9;/h10-13H,2-9,14H2,1H3;3-6H,2,7-8H2,1H3;. The van der Waals surface area contributed by atoms with Gasteiger partial charge < -0.3 is 0 Å². The molecule has 10 heterocycles. The Balaban J connectivity index is 0.900. The van der Waals surface area contributed by atoms with Gasteiger partial charge in [-0.3, -0.25) is 0 Å². The van der Waals surface area contributed by atoms with Crippen molar-refractivity contribution in [1.82, 2.24) is 0 Å². The predicted molar refractivity (Wildman–Crippen MR) is 118 cm³/mol. The van der Waals surface area contributed by atoms with Gasteiger partial charge in [0.05, 0.1) is 0 Å². The molecule has 1 spiro atoms. The van der Waals surface area contributed by atoms with Gasteiger partial charge in [-0.1, -0.05) is 0 Å². The molecule has 5 heteroatoms. The van der Waals surface area contributed by atoms with Crippen LogP contribution in [0.15, 0.2) is 0 Å². The maximum absolute atomic E-state index is 13.9. The number of ether oxygens (including phenoxy) is 1. The van der Waals surface area contributed by atoms with Crippen molar-refractivity contribution >= 4 is 17.5 Å². The number of unbranched alkanes of at least 4 members (excludes halogenated alkanes) is 7. The molecule has 8 atom stereocenters. The number of fused-ring (bicyclic) bond motifs is 10. The van der Waals surface area contributed by atoms with Crippen LogP contribution in [0.2, 0.25) is 47.2 Å². The van der Waals surface area contributed by atoms with Crippen LogP contribution in [-0.4, -0.2) is 24.1 Å². The van der Waals surface area contributed by atoms with E-state index in [9.17, 15) is 14.4 Å². The molecule has 0 N–H and O–H groups in total. The molecule has 0 aliphatic carbocycles. The summed E-state index contributed by atoms with van der Waals surface area (Å²) in [5.41, 5.74) is 0. The van der Waals surface area contributed by atoms with Crippen LogP contribution in [0.1, 0.15) is 84.5 Å². The Kier molecular flexibility index (Phi) is 1.38. The third-order valence-electron chi connectivity index (χ3n) is 18.8. The number of rotatable bonds is 15. The fourth-order valence-corrected chi connectivity index (χ4v) is 96.4. The summed E-state index contributed by atoms with van der Waals surface area (Å²) in [6, 6.07) is 0. The third-order valence-corrected chi connectivity index (χ3v) is 61.6. The van der Waals surface area contributed by atoms with Gasteiger partial charge in [0.2, 0.25) is 0 Å². The Morgan fingerprint density at radius 3 is 1.59 bits per heavy atom. The fraction of sp³-hybridized carbons (Fsp3) is 0.889. The summed E-state index contributed by atoms with van der Waals surface area (Å²) in [7, 11) is 0. The van der Waals surface area contributed by atoms with Crippen molar-refractivity contribution in [3.05, 3.63) is 0 Å². The molecular weight excluding hydrogens is 444 g/mol. The van der Waals surface area contributed by atoms with E-state index in [1.54, 1.807) is 0 Å². The van der Waals surface area contributed by atoms with Crippen LogP contribution in [0.3, 0.4) is 0 Å². The van der Waals surface area contributed by atoms with E-state index < -0.39 is 6.51 Å². The van der Waals surface area contributed by atoms with Gasteiger partial charge in [-0.25, -0.2) is 0 Å². The van der Waals surface area contributed by atoms with Gasteiger partial charge in [-0.2, -0.15) is 0 Å². The summed E-state index contributed by atoms with van der Waals surface area (Å²) in [6.07, 6.45) is 11.8. The van der Waals surface area contributed by atoms with Crippen molar-refractivity contribution in [2.75, 3.05) is 6.61 Å². The van der Waals surface area contributed by atoms with Gasteiger partial charge in [-0.15, -0.1) is 0 Å². The quantitative estimate of drug-likeness (QED) is 0.142.